The predicted molar refractivity (Wildman–Crippen MR) is 117 cm³/mol. The summed E-state index contributed by atoms with van der Waals surface area (Å²) in [5.41, 5.74) is 4.63. The number of hydrogen-bond donors (Lipinski definition) is 1. The normalized spacial score (nSPS) is 10.7. The van der Waals surface area contributed by atoms with Crippen LogP contribution in [0.2, 0.25) is 0 Å². The molecule has 0 bridgehead atoms. The number of aromatic nitrogens is 2. The number of rotatable bonds is 7. The maximum atomic E-state index is 11.4. The number of aliphatic carboxylic acids is 1. The van der Waals surface area contributed by atoms with Crippen LogP contribution < -0.4 is 4.74 Å². The van der Waals surface area contributed by atoms with Crippen molar-refractivity contribution in [3.8, 4) is 39.7 Å². The minimum Gasteiger partial charge on any atom is -0.497 e. The zero-order chi connectivity index (χ0) is 20.9. The molecule has 0 saturated heterocycles. The molecule has 5 heteroatoms. The highest BCUT2D eigenvalue weighted by atomic mass is 16.5. The molecule has 0 spiro atoms. The number of hydrogen-bond acceptors (Lipinski definition) is 3. The molecule has 0 saturated carbocycles. The first-order valence-electron chi connectivity index (χ1n) is 9.75. The number of methoxy groups -OCH3 is 1. The number of nitrogens with zero attached hydrogens (tertiary/aromatic N) is 2. The van der Waals surface area contributed by atoms with Crippen LogP contribution >= 0.6 is 0 Å². The molecule has 0 aliphatic rings. The lowest BCUT2D eigenvalue weighted by Gasteiger charge is -2.13. The fourth-order valence-corrected chi connectivity index (χ4v) is 3.52. The fourth-order valence-electron chi connectivity index (χ4n) is 3.52. The van der Waals surface area contributed by atoms with Crippen LogP contribution in [0.25, 0.3) is 33.9 Å². The van der Waals surface area contributed by atoms with E-state index in [1.54, 1.807) is 7.11 Å². The topological polar surface area (TPSA) is 64.4 Å². The van der Waals surface area contributed by atoms with Crippen molar-refractivity contribution in [2.75, 3.05) is 7.11 Å². The van der Waals surface area contributed by atoms with Crippen molar-refractivity contribution in [1.82, 2.24) is 9.55 Å². The average molecular weight is 398 g/mol. The lowest BCUT2D eigenvalue weighted by molar-refractivity contribution is -0.137. The van der Waals surface area contributed by atoms with Gasteiger partial charge in [-0.3, -0.25) is 4.79 Å². The summed E-state index contributed by atoms with van der Waals surface area (Å²) < 4.78 is 7.28. The number of imidazole rings is 1. The zero-order valence-corrected chi connectivity index (χ0v) is 16.7. The molecule has 1 aromatic heterocycles. The van der Waals surface area contributed by atoms with Gasteiger partial charge in [0.1, 0.15) is 11.6 Å². The van der Waals surface area contributed by atoms with Crippen LogP contribution in [0.3, 0.4) is 0 Å². The maximum Gasteiger partial charge on any atom is 0.305 e. The minimum atomic E-state index is -0.843. The van der Waals surface area contributed by atoms with E-state index in [0.717, 1.165) is 39.7 Å². The van der Waals surface area contributed by atoms with Gasteiger partial charge in [-0.15, -0.1) is 0 Å². The van der Waals surface area contributed by atoms with Crippen LogP contribution in [0.4, 0.5) is 0 Å². The molecule has 0 aliphatic carbocycles. The number of carboxylic acid groups (broad SMARTS) is 1. The van der Waals surface area contributed by atoms with E-state index in [4.69, 9.17) is 9.72 Å². The van der Waals surface area contributed by atoms with E-state index in [-0.39, 0.29) is 6.42 Å². The molecular weight excluding hydrogens is 376 g/mol. The van der Waals surface area contributed by atoms with E-state index in [1.807, 2.05) is 89.5 Å². The van der Waals surface area contributed by atoms with Crippen LogP contribution in [0.15, 0.2) is 84.9 Å². The molecule has 4 rings (SSSR count). The third-order valence-corrected chi connectivity index (χ3v) is 4.96. The van der Waals surface area contributed by atoms with Gasteiger partial charge < -0.3 is 14.4 Å². The Morgan fingerprint density at radius 2 is 1.47 bits per heavy atom. The van der Waals surface area contributed by atoms with Gasteiger partial charge in [-0.05, 0) is 24.3 Å². The van der Waals surface area contributed by atoms with Crippen molar-refractivity contribution in [2.24, 2.45) is 0 Å². The van der Waals surface area contributed by atoms with Gasteiger partial charge in [-0.1, -0.05) is 60.7 Å². The van der Waals surface area contributed by atoms with E-state index in [1.165, 1.54) is 0 Å². The van der Waals surface area contributed by atoms with Crippen molar-refractivity contribution < 1.29 is 14.6 Å². The Morgan fingerprint density at radius 3 is 2.03 bits per heavy atom. The fraction of sp³-hybridized carbons (Fsp3) is 0.120. The molecule has 0 aliphatic heterocycles. The van der Waals surface area contributed by atoms with E-state index >= 15 is 0 Å². The molecule has 1 heterocycles. The van der Waals surface area contributed by atoms with Crippen LogP contribution in [0, 0.1) is 0 Å². The maximum absolute atomic E-state index is 11.4. The van der Waals surface area contributed by atoms with Crippen LogP contribution in [-0.4, -0.2) is 27.7 Å². The highest BCUT2D eigenvalue weighted by molar-refractivity contribution is 5.82. The molecule has 0 radical (unpaired) electrons. The quantitative estimate of drug-likeness (QED) is 0.455. The third kappa shape index (κ3) is 3.96. The summed E-state index contributed by atoms with van der Waals surface area (Å²) in [6, 6.07) is 27.6. The van der Waals surface area contributed by atoms with Crippen molar-refractivity contribution >= 4 is 5.97 Å². The number of carbonyl (C=O) groups is 1. The zero-order valence-electron chi connectivity index (χ0n) is 16.7. The first kappa shape index (κ1) is 19.5. The second kappa shape index (κ2) is 8.66. The average Bonchev–Trinajstić information content (AvgIpc) is 3.18. The molecule has 0 fully saturated rings. The molecule has 0 amide bonds. The lowest BCUT2D eigenvalue weighted by atomic mass is 10.0. The van der Waals surface area contributed by atoms with Gasteiger partial charge in [0.05, 0.1) is 24.9 Å². The second-order valence-electron chi connectivity index (χ2n) is 6.89. The smallest absolute Gasteiger partial charge is 0.305 e. The Labute approximate surface area is 175 Å². The highest BCUT2D eigenvalue weighted by Crippen LogP contribution is 2.36. The van der Waals surface area contributed by atoms with Gasteiger partial charge in [-0.2, -0.15) is 0 Å². The monoisotopic (exact) mass is 398 g/mol. The Bertz CT molecular complexity index is 1130. The van der Waals surface area contributed by atoms with Crippen LogP contribution in [0.5, 0.6) is 5.75 Å². The van der Waals surface area contributed by atoms with Crippen LogP contribution in [0.1, 0.15) is 6.42 Å². The Hall–Kier alpha value is -3.86. The molecule has 5 nitrogen and oxygen atoms in total. The van der Waals surface area contributed by atoms with Gasteiger partial charge in [0.25, 0.3) is 0 Å². The largest absolute Gasteiger partial charge is 0.497 e. The van der Waals surface area contributed by atoms with Gasteiger partial charge in [0, 0.05) is 23.2 Å². The first-order valence-corrected chi connectivity index (χ1v) is 9.75. The van der Waals surface area contributed by atoms with Gasteiger partial charge >= 0.3 is 5.97 Å². The summed E-state index contributed by atoms with van der Waals surface area (Å²) in [4.78, 5) is 16.4. The molecule has 0 unspecified atom stereocenters. The Morgan fingerprint density at radius 1 is 0.867 bits per heavy atom. The van der Waals surface area contributed by atoms with Gasteiger partial charge in [-0.25, -0.2) is 4.98 Å². The summed E-state index contributed by atoms with van der Waals surface area (Å²) in [5.74, 6) is 0.648. The van der Waals surface area contributed by atoms with Gasteiger partial charge in [0.15, 0.2) is 0 Å². The first-order chi connectivity index (χ1) is 14.7. The van der Waals surface area contributed by atoms with E-state index < -0.39 is 5.97 Å². The molecule has 30 heavy (non-hydrogen) atoms. The van der Waals surface area contributed by atoms with Crippen molar-refractivity contribution in [3.63, 3.8) is 0 Å². The number of benzene rings is 3. The summed E-state index contributed by atoms with van der Waals surface area (Å²) in [7, 11) is 1.63. The standard InChI is InChI=1S/C25H22N2O3/c1-30-21-14-12-20(13-15-21)25-26-23(18-8-4-2-5-9-18)24(19-10-6-3-7-11-19)27(25)17-16-22(28)29/h2-15H,16-17H2,1H3,(H,28,29). The summed E-state index contributed by atoms with van der Waals surface area (Å²) in [6.45, 7) is 0.320. The number of ether oxygens (including phenoxy) is 1. The van der Waals surface area contributed by atoms with Crippen molar-refractivity contribution in [1.29, 1.82) is 0 Å². The molecule has 4 aromatic rings. The van der Waals surface area contributed by atoms with Crippen molar-refractivity contribution in [3.05, 3.63) is 84.9 Å². The van der Waals surface area contributed by atoms with E-state index in [0.29, 0.717) is 6.54 Å². The van der Waals surface area contributed by atoms with Gasteiger partial charge in [0.2, 0.25) is 0 Å². The summed E-state index contributed by atoms with van der Waals surface area (Å²) in [6.07, 6.45) is 0.00752. The molecule has 1 N–H and O–H groups in total. The predicted octanol–water partition coefficient (Wildman–Crippen LogP) is 5.37. The Balaban J connectivity index is 1.96. The molecule has 3 aromatic carbocycles. The van der Waals surface area contributed by atoms with Crippen LogP contribution in [-0.2, 0) is 11.3 Å². The Kier molecular flexibility index (Phi) is 5.61. The molecule has 150 valence electrons. The van der Waals surface area contributed by atoms with Crippen molar-refractivity contribution in [2.45, 2.75) is 13.0 Å². The highest BCUT2D eigenvalue weighted by Gasteiger charge is 2.21. The summed E-state index contributed by atoms with van der Waals surface area (Å²) >= 11 is 0. The van der Waals surface area contributed by atoms with E-state index in [2.05, 4.69) is 0 Å². The third-order valence-electron chi connectivity index (χ3n) is 4.96. The minimum absolute atomic E-state index is 0.00752. The number of carboxylic acids is 1. The SMILES string of the molecule is COc1ccc(-c2nc(-c3ccccc3)c(-c3ccccc3)n2CCC(=O)O)cc1. The van der Waals surface area contributed by atoms with E-state index in [9.17, 15) is 9.90 Å². The summed E-state index contributed by atoms with van der Waals surface area (Å²) in [5, 5.41) is 9.34. The molecular formula is C25H22N2O3. The molecule has 0 atom stereocenters. The lowest BCUT2D eigenvalue weighted by Crippen LogP contribution is -2.07. The second-order valence-corrected chi connectivity index (χ2v) is 6.89.